The molecule has 2 aromatic carbocycles. The summed E-state index contributed by atoms with van der Waals surface area (Å²) in [5.74, 6) is -2.13. The van der Waals surface area contributed by atoms with Crippen molar-refractivity contribution in [2.75, 3.05) is 0 Å². The molecule has 2 rings (SSSR count). The van der Waals surface area contributed by atoms with Gasteiger partial charge in [0.05, 0.1) is 5.56 Å². The number of carboxylic acids is 1. The summed E-state index contributed by atoms with van der Waals surface area (Å²) in [4.78, 5) is 10.9. The van der Waals surface area contributed by atoms with Crippen molar-refractivity contribution in [3.63, 3.8) is 0 Å². The van der Waals surface area contributed by atoms with Crippen molar-refractivity contribution >= 4 is 5.97 Å². The molecule has 2 aromatic rings. The largest absolute Gasteiger partial charge is 0.478 e. The van der Waals surface area contributed by atoms with E-state index in [1.165, 1.54) is 42.5 Å². The molecule has 3 nitrogen and oxygen atoms in total. The molecule has 0 saturated carbocycles. The number of carboxylic acid groups (broad SMARTS) is 1. The van der Waals surface area contributed by atoms with E-state index in [1.54, 1.807) is 0 Å². The number of ether oxygens (including phenoxy) is 1. The Kier molecular flexibility index (Phi) is 3.75. The number of rotatable bonds is 4. The van der Waals surface area contributed by atoms with Crippen LogP contribution in [0.15, 0.2) is 48.5 Å². The first-order valence-corrected chi connectivity index (χ1v) is 5.47. The standard InChI is InChI=1S/C14H10F2O3/c15-11-7-3-1-5-9(11)13(16)19-12-8-4-2-6-10(12)14(17)18/h1-8,13H,(H,17,18). The molecule has 0 bridgehead atoms. The Morgan fingerprint density at radius 2 is 1.74 bits per heavy atom. The van der Waals surface area contributed by atoms with Crippen LogP contribution in [-0.2, 0) is 0 Å². The highest BCUT2D eigenvalue weighted by Crippen LogP contribution is 2.27. The summed E-state index contributed by atoms with van der Waals surface area (Å²) in [5.41, 5.74) is -0.454. The molecule has 1 N–H and O–H groups in total. The highest BCUT2D eigenvalue weighted by molar-refractivity contribution is 5.90. The molecule has 0 radical (unpaired) electrons. The topological polar surface area (TPSA) is 46.5 Å². The van der Waals surface area contributed by atoms with Gasteiger partial charge in [-0.25, -0.2) is 9.18 Å². The maximum Gasteiger partial charge on any atom is 0.339 e. The third kappa shape index (κ3) is 2.88. The highest BCUT2D eigenvalue weighted by Gasteiger charge is 2.19. The van der Waals surface area contributed by atoms with E-state index in [4.69, 9.17) is 9.84 Å². The second kappa shape index (κ2) is 5.48. The fourth-order valence-corrected chi connectivity index (χ4v) is 1.58. The molecule has 19 heavy (non-hydrogen) atoms. The minimum absolute atomic E-state index is 0.147. The molecule has 98 valence electrons. The van der Waals surface area contributed by atoms with Gasteiger partial charge in [0.25, 0.3) is 6.36 Å². The molecule has 0 fully saturated rings. The summed E-state index contributed by atoms with van der Waals surface area (Å²) in [6.07, 6.45) is -2.07. The zero-order valence-corrected chi connectivity index (χ0v) is 9.72. The zero-order chi connectivity index (χ0) is 13.8. The number of hydrogen-bond donors (Lipinski definition) is 1. The predicted octanol–water partition coefficient (Wildman–Crippen LogP) is 3.57. The molecule has 0 saturated heterocycles. The first-order chi connectivity index (χ1) is 9.09. The van der Waals surface area contributed by atoms with Crippen molar-refractivity contribution in [3.8, 4) is 5.75 Å². The first kappa shape index (κ1) is 13.0. The molecule has 0 aromatic heterocycles. The molecule has 0 aliphatic carbocycles. The van der Waals surface area contributed by atoms with Gasteiger partial charge in [0.2, 0.25) is 0 Å². The molecule has 1 atom stereocenters. The van der Waals surface area contributed by atoms with Crippen LogP contribution in [0.2, 0.25) is 0 Å². The van der Waals surface area contributed by atoms with E-state index in [-0.39, 0.29) is 16.9 Å². The van der Waals surface area contributed by atoms with Crippen molar-refractivity contribution < 1.29 is 23.4 Å². The molecule has 0 amide bonds. The lowest BCUT2D eigenvalue weighted by Gasteiger charge is -2.13. The second-order valence-corrected chi connectivity index (χ2v) is 3.76. The van der Waals surface area contributed by atoms with Crippen LogP contribution in [0.4, 0.5) is 8.78 Å². The normalized spacial score (nSPS) is 11.9. The number of alkyl halides is 1. The van der Waals surface area contributed by atoms with Crippen molar-refractivity contribution in [2.45, 2.75) is 6.36 Å². The third-order valence-corrected chi connectivity index (χ3v) is 2.50. The lowest BCUT2D eigenvalue weighted by molar-refractivity contribution is 0.0572. The van der Waals surface area contributed by atoms with E-state index < -0.39 is 18.1 Å². The summed E-state index contributed by atoms with van der Waals surface area (Å²) in [6.45, 7) is 0. The quantitative estimate of drug-likeness (QED) is 0.918. The Balaban J connectivity index is 2.27. The molecule has 5 heteroatoms. The SMILES string of the molecule is O=C(O)c1ccccc1OC(F)c1ccccc1F. The Morgan fingerprint density at radius 3 is 2.42 bits per heavy atom. The molecule has 1 unspecified atom stereocenters. The number of halogens is 2. The monoisotopic (exact) mass is 264 g/mol. The van der Waals surface area contributed by atoms with Crippen LogP contribution in [-0.4, -0.2) is 11.1 Å². The molecule has 0 heterocycles. The van der Waals surface area contributed by atoms with E-state index >= 15 is 0 Å². The van der Waals surface area contributed by atoms with E-state index in [1.807, 2.05) is 0 Å². The van der Waals surface area contributed by atoms with Crippen molar-refractivity contribution in [1.29, 1.82) is 0 Å². The van der Waals surface area contributed by atoms with Gasteiger partial charge in [0, 0.05) is 0 Å². The maximum absolute atomic E-state index is 13.9. The van der Waals surface area contributed by atoms with Gasteiger partial charge in [-0.2, -0.15) is 4.39 Å². The van der Waals surface area contributed by atoms with E-state index in [2.05, 4.69) is 0 Å². The zero-order valence-electron chi connectivity index (χ0n) is 9.72. The van der Waals surface area contributed by atoms with Crippen LogP contribution in [0.1, 0.15) is 22.3 Å². The van der Waals surface area contributed by atoms with Crippen molar-refractivity contribution in [2.24, 2.45) is 0 Å². The molecular weight excluding hydrogens is 254 g/mol. The van der Waals surface area contributed by atoms with Crippen LogP contribution in [0, 0.1) is 5.82 Å². The third-order valence-electron chi connectivity index (χ3n) is 2.50. The van der Waals surface area contributed by atoms with E-state index in [0.717, 1.165) is 6.07 Å². The van der Waals surface area contributed by atoms with Gasteiger partial charge in [0.15, 0.2) is 0 Å². The van der Waals surface area contributed by atoms with Crippen LogP contribution in [0.25, 0.3) is 0 Å². The van der Waals surface area contributed by atoms with Crippen LogP contribution < -0.4 is 4.74 Å². The van der Waals surface area contributed by atoms with Crippen molar-refractivity contribution in [3.05, 3.63) is 65.5 Å². The van der Waals surface area contributed by atoms with Gasteiger partial charge < -0.3 is 9.84 Å². The average Bonchev–Trinajstić information content (AvgIpc) is 2.39. The van der Waals surface area contributed by atoms with Gasteiger partial charge in [-0.1, -0.05) is 24.3 Å². The average molecular weight is 264 g/mol. The van der Waals surface area contributed by atoms with E-state index in [0.29, 0.717) is 0 Å². The smallest absolute Gasteiger partial charge is 0.339 e. The fraction of sp³-hybridized carbons (Fsp3) is 0.0714. The number of aromatic carboxylic acids is 1. The Labute approximate surface area is 108 Å². The van der Waals surface area contributed by atoms with Crippen molar-refractivity contribution in [1.82, 2.24) is 0 Å². The Bertz CT molecular complexity index is 599. The Hall–Kier alpha value is -2.43. The number of para-hydroxylation sites is 1. The molecular formula is C14H10F2O3. The summed E-state index contributed by atoms with van der Waals surface area (Å²) >= 11 is 0. The predicted molar refractivity (Wildman–Crippen MR) is 64.3 cm³/mol. The second-order valence-electron chi connectivity index (χ2n) is 3.76. The lowest BCUT2D eigenvalue weighted by atomic mass is 10.2. The van der Waals surface area contributed by atoms with Gasteiger partial charge >= 0.3 is 5.97 Å². The van der Waals surface area contributed by atoms with Gasteiger partial charge in [-0.05, 0) is 24.3 Å². The minimum atomic E-state index is -2.07. The Morgan fingerprint density at radius 1 is 1.11 bits per heavy atom. The highest BCUT2D eigenvalue weighted by atomic mass is 19.2. The molecule has 0 aliphatic heterocycles. The molecule has 0 spiro atoms. The van der Waals surface area contributed by atoms with Crippen LogP contribution in [0.5, 0.6) is 5.75 Å². The lowest BCUT2D eigenvalue weighted by Crippen LogP contribution is -2.07. The molecule has 0 aliphatic rings. The number of hydrogen-bond acceptors (Lipinski definition) is 2. The van der Waals surface area contributed by atoms with Crippen LogP contribution in [0.3, 0.4) is 0 Å². The number of benzene rings is 2. The minimum Gasteiger partial charge on any atom is -0.478 e. The van der Waals surface area contributed by atoms with Crippen LogP contribution >= 0.6 is 0 Å². The van der Waals surface area contributed by atoms with Gasteiger partial charge in [0.1, 0.15) is 17.1 Å². The maximum atomic E-state index is 13.9. The first-order valence-electron chi connectivity index (χ1n) is 5.47. The summed E-state index contributed by atoms with van der Waals surface area (Å²) in [6, 6.07) is 10.8. The van der Waals surface area contributed by atoms with Gasteiger partial charge in [-0.3, -0.25) is 0 Å². The summed E-state index contributed by atoms with van der Waals surface area (Å²) in [5, 5.41) is 8.93. The summed E-state index contributed by atoms with van der Waals surface area (Å²) < 4.78 is 32.1. The number of carbonyl (C=O) groups is 1. The van der Waals surface area contributed by atoms with Gasteiger partial charge in [-0.15, -0.1) is 0 Å². The summed E-state index contributed by atoms with van der Waals surface area (Å²) in [7, 11) is 0. The fourth-order valence-electron chi connectivity index (χ4n) is 1.58. The van der Waals surface area contributed by atoms with E-state index in [9.17, 15) is 13.6 Å².